The average molecular weight is 299 g/mol. The first-order valence-electron chi connectivity index (χ1n) is 6.87. The quantitative estimate of drug-likeness (QED) is 0.871. The molecule has 0 saturated carbocycles. The van der Waals surface area contributed by atoms with Crippen LogP contribution in [0, 0.1) is 0 Å². The second kappa shape index (κ2) is 6.60. The van der Waals surface area contributed by atoms with Gasteiger partial charge in [0.15, 0.2) is 0 Å². The first kappa shape index (κ1) is 15.3. The molecular formula is C14H19F2N3O2. The molecule has 1 aliphatic rings. The third-order valence-electron chi connectivity index (χ3n) is 3.43. The van der Waals surface area contributed by atoms with Crippen LogP contribution in [-0.2, 0) is 4.74 Å². The van der Waals surface area contributed by atoms with E-state index in [9.17, 15) is 13.6 Å². The molecule has 1 amide bonds. The number of alkyl halides is 2. The normalized spacial score (nSPS) is 15.4. The Labute approximate surface area is 122 Å². The minimum atomic E-state index is -2.58. The van der Waals surface area contributed by atoms with Crippen LogP contribution in [0.3, 0.4) is 0 Å². The zero-order valence-corrected chi connectivity index (χ0v) is 11.9. The number of anilines is 2. The second-order valence-corrected chi connectivity index (χ2v) is 4.79. The minimum absolute atomic E-state index is 0.0698. The summed E-state index contributed by atoms with van der Waals surface area (Å²) in [5, 5.41) is 0. The van der Waals surface area contributed by atoms with Crippen molar-refractivity contribution in [3.63, 3.8) is 0 Å². The van der Waals surface area contributed by atoms with Gasteiger partial charge in [-0.15, -0.1) is 0 Å². The van der Waals surface area contributed by atoms with Gasteiger partial charge in [-0.25, -0.2) is 13.6 Å². The molecule has 0 atom stereocenters. The number of halogens is 2. The van der Waals surface area contributed by atoms with Crippen LogP contribution in [0.2, 0.25) is 0 Å². The van der Waals surface area contributed by atoms with E-state index >= 15 is 0 Å². The third-order valence-corrected chi connectivity index (χ3v) is 3.43. The Kier molecular flexibility index (Phi) is 4.82. The molecule has 0 spiro atoms. The minimum Gasteiger partial charge on any atom is -0.450 e. The number of benzene rings is 1. The molecule has 0 aliphatic carbocycles. The molecule has 1 fully saturated rings. The molecule has 7 heteroatoms. The third kappa shape index (κ3) is 3.53. The lowest BCUT2D eigenvalue weighted by Crippen LogP contribution is -2.49. The predicted octanol–water partition coefficient (Wildman–Crippen LogP) is 2.48. The summed E-state index contributed by atoms with van der Waals surface area (Å²) in [5.74, 6) is 0. The molecule has 0 aromatic heterocycles. The van der Waals surface area contributed by atoms with Gasteiger partial charge in [-0.05, 0) is 25.1 Å². The number of rotatable bonds is 3. The van der Waals surface area contributed by atoms with E-state index in [2.05, 4.69) is 0 Å². The van der Waals surface area contributed by atoms with Crippen molar-refractivity contribution in [1.29, 1.82) is 0 Å². The van der Waals surface area contributed by atoms with E-state index in [-0.39, 0.29) is 11.7 Å². The number of piperazine rings is 1. The maximum absolute atomic E-state index is 13.1. The van der Waals surface area contributed by atoms with Crippen LogP contribution in [0.15, 0.2) is 18.2 Å². The fourth-order valence-electron chi connectivity index (χ4n) is 2.38. The number of hydrogen-bond acceptors (Lipinski definition) is 4. The highest BCUT2D eigenvalue weighted by atomic mass is 19.3. The summed E-state index contributed by atoms with van der Waals surface area (Å²) in [7, 11) is 0. The maximum Gasteiger partial charge on any atom is 0.409 e. The van der Waals surface area contributed by atoms with Crippen LogP contribution in [-0.4, -0.2) is 43.8 Å². The van der Waals surface area contributed by atoms with Gasteiger partial charge in [-0.1, -0.05) is 0 Å². The van der Waals surface area contributed by atoms with Crippen LogP contribution in [0.1, 0.15) is 18.9 Å². The summed E-state index contributed by atoms with van der Waals surface area (Å²) < 4.78 is 31.1. The number of nitrogen functional groups attached to an aromatic ring is 1. The van der Waals surface area contributed by atoms with Gasteiger partial charge < -0.3 is 20.3 Å². The first-order valence-corrected chi connectivity index (χ1v) is 6.87. The Hall–Kier alpha value is -2.05. The predicted molar refractivity (Wildman–Crippen MR) is 76.6 cm³/mol. The van der Waals surface area contributed by atoms with Crippen molar-refractivity contribution in [3.8, 4) is 0 Å². The topological polar surface area (TPSA) is 58.8 Å². The van der Waals surface area contributed by atoms with E-state index < -0.39 is 6.43 Å². The van der Waals surface area contributed by atoms with E-state index in [1.165, 1.54) is 6.07 Å². The summed E-state index contributed by atoms with van der Waals surface area (Å²) >= 11 is 0. The lowest BCUT2D eigenvalue weighted by atomic mass is 10.1. The summed E-state index contributed by atoms with van der Waals surface area (Å²) in [5.41, 5.74) is 6.29. The molecule has 0 unspecified atom stereocenters. The summed E-state index contributed by atoms with van der Waals surface area (Å²) in [6, 6.07) is 4.52. The van der Waals surface area contributed by atoms with Crippen molar-refractivity contribution in [2.75, 3.05) is 43.4 Å². The summed E-state index contributed by atoms with van der Waals surface area (Å²) in [4.78, 5) is 15.0. The molecule has 1 aromatic rings. The van der Waals surface area contributed by atoms with Gasteiger partial charge in [0.2, 0.25) is 0 Å². The van der Waals surface area contributed by atoms with E-state index in [0.29, 0.717) is 44.2 Å². The molecule has 2 N–H and O–H groups in total. The largest absolute Gasteiger partial charge is 0.450 e. The number of carbonyl (C=O) groups is 1. The van der Waals surface area contributed by atoms with Crippen molar-refractivity contribution in [2.45, 2.75) is 13.3 Å². The van der Waals surface area contributed by atoms with Crippen LogP contribution in [0.4, 0.5) is 25.0 Å². The van der Waals surface area contributed by atoms with Crippen molar-refractivity contribution in [1.82, 2.24) is 4.90 Å². The number of amides is 1. The Morgan fingerprint density at radius 2 is 2.00 bits per heavy atom. The number of nitrogens with zero attached hydrogens (tertiary/aromatic N) is 2. The van der Waals surface area contributed by atoms with E-state index in [1.807, 2.05) is 4.90 Å². The smallest absolute Gasteiger partial charge is 0.409 e. The molecule has 2 rings (SSSR count). The van der Waals surface area contributed by atoms with Gasteiger partial charge in [-0.3, -0.25) is 0 Å². The van der Waals surface area contributed by atoms with Crippen molar-refractivity contribution < 1.29 is 18.3 Å². The van der Waals surface area contributed by atoms with E-state index in [1.54, 1.807) is 24.0 Å². The van der Waals surface area contributed by atoms with Crippen LogP contribution in [0.5, 0.6) is 0 Å². The van der Waals surface area contributed by atoms with E-state index in [0.717, 1.165) is 0 Å². The maximum atomic E-state index is 13.1. The fourth-order valence-corrected chi connectivity index (χ4v) is 2.38. The van der Waals surface area contributed by atoms with Crippen molar-refractivity contribution in [2.24, 2.45) is 0 Å². The molecule has 5 nitrogen and oxygen atoms in total. The number of nitrogens with two attached hydrogens (primary N) is 1. The Morgan fingerprint density at radius 1 is 1.33 bits per heavy atom. The fraction of sp³-hybridized carbons (Fsp3) is 0.500. The molecule has 1 aromatic carbocycles. The number of hydrogen-bond donors (Lipinski definition) is 1. The molecular weight excluding hydrogens is 280 g/mol. The van der Waals surface area contributed by atoms with Crippen LogP contribution < -0.4 is 10.6 Å². The average Bonchev–Trinajstić information content (AvgIpc) is 2.47. The number of carbonyl (C=O) groups excluding carboxylic acids is 1. The van der Waals surface area contributed by atoms with E-state index in [4.69, 9.17) is 10.5 Å². The first-order chi connectivity index (χ1) is 10.0. The molecule has 0 bridgehead atoms. The highest BCUT2D eigenvalue weighted by molar-refractivity contribution is 5.68. The van der Waals surface area contributed by atoms with Gasteiger partial charge in [-0.2, -0.15) is 0 Å². The molecule has 1 saturated heterocycles. The SMILES string of the molecule is CCOC(=O)N1CCN(c2ccc(N)cc2C(F)F)CC1. The second-order valence-electron chi connectivity index (χ2n) is 4.79. The summed E-state index contributed by atoms with van der Waals surface area (Å²) in [6.07, 6.45) is -2.94. The summed E-state index contributed by atoms with van der Waals surface area (Å²) in [6.45, 7) is 3.95. The van der Waals surface area contributed by atoms with Gasteiger partial charge in [0, 0.05) is 43.1 Å². The van der Waals surface area contributed by atoms with Gasteiger partial charge >= 0.3 is 6.09 Å². The van der Waals surface area contributed by atoms with Crippen molar-refractivity contribution in [3.05, 3.63) is 23.8 Å². The highest BCUT2D eigenvalue weighted by Crippen LogP contribution is 2.32. The Balaban J connectivity index is 2.07. The Bertz CT molecular complexity index is 503. The van der Waals surface area contributed by atoms with Gasteiger partial charge in [0.25, 0.3) is 6.43 Å². The molecule has 0 radical (unpaired) electrons. The lowest BCUT2D eigenvalue weighted by Gasteiger charge is -2.36. The zero-order chi connectivity index (χ0) is 15.4. The van der Waals surface area contributed by atoms with Crippen LogP contribution >= 0.6 is 0 Å². The van der Waals surface area contributed by atoms with Gasteiger partial charge in [0.1, 0.15) is 0 Å². The molecule has 116 valence electrons. The van der Waals surface area contributed by atoms with Crippen molar-refractivity contribution >= 4 is 17.5 Å². The standard InChI is InChI=1S/C14H19F2N3O2/c1-2-21-14(20)19-7-5-18(6-8-19)12-4-3-10(17)9-11(12)13(15)16/h3-4,9,13H,2,5-8,17H2,1H3. The molecule has 21 heavy (non-hydrogen) atoms. The number of ether oxygens (including phenoxy) is 1. The lowest BCUT2D eigenvalue weighted by molar-refractivity contribution is 0.105. The molecule has 1 heterocycles. The highest BCUT2D eigenvalue weighted by Gasteiger charge is 2.25. The zero-order valence-electron chi connectivity index (χ0n) is 11.9. The van der Waals surface area contributed by atoms with Gasteiger partial charge in [0.05, 0.1) is 6.61 Å². The Morgan fingerprint density at radius 3 is 2.57 bits per heavy atom. The van der Waals surface area contributed by atoms with Crippen LogP contribution in [0.25, 0.3) is 0 Å². The monoisotopic (exact) mass is 299 g/mol. The molecule has 1 aliphatic heterocycles.